The summed E-state index contributed by atoms with van der Waals surface area (Å²) in [7, 11) is 0. The maximum absolute atomic E-state index is 12.4. The van der Waals surface area contributed by atoms with Crippen LogP contribution in [0.25, 0.3) is 0 Å². The van der Waals surface area contributed by atoms with Gasteiger partial charge in [-0.3, -0.25) is 4.79 Å². The lowest BCUT2D eigenvalue weighted by atomic mass is 9.99. The van der Waals surface area contributed by atoms with Gasteiger partial charge in [-0.2, -0.15) is 0 Å². The number of halogens is 1. The zero-order valence-electron chi connectivity index (χ0n) is 14.5. The molecule has 0 fully saturated rings. The zero-order chi connectivity index (χ0) is 19.1. The molecule has 0 atom stereocenters. The van der Waals surface area contributed by atoms with Crippen molar-refractivity contribution in [2.24, 2.45) is 0 Å². The average molecular weight is 380 g/mol. The van der Waals surface area contributed by atoms with Gasteiger partial charge in [0.1, 0.15) is 0 Å². The van der Waals surface area contributed by atoms with E-state index in [1.165, 1.54) is 0 Å². The summed E-state index contributed by atoms with van der Waals surface area (Å²) >= 11 is 5.80. The predicted molar refractivity (Wildman–Crippen MR) is 105 cm³/mol. The van der Waals surface area contributed by atoms with E-state index in [2.05, 4.69) is 5.32 Å². The molecule has 3 rings (SSSR count). The maximum atomic E-state index is 12.4. The summed E-state index contributed by atoms with van der Waals surface area (Å²) in [5, 5.41) is 3.45. The molecule has 0 aliphatic carbocycles. The van der Waals surface area contributed by atoms with E-state index >= 15 is 0 Å². The van der Waals surface area contributed by atoms with Crippen LogP contribution in [0.5, 0.6) is 0 Å². The fraction of sp³-hybridized carbons (Fsp3) is 0.0909. The number of carbonyl (C=O) groups excluding carboxylic acids is 2. The molecule has 3 aromatic rings. The number of hydrogen-bond acceptors (Lipinski definition) is 3. The summed E-state index contributed by atoms with van der Waals surface area (Å²) in [5.74, 6) is -0.951. The standard InChI is InChI=1S/C22H18ClNO3/c23-19-13-11-18(12-14-19)22(26)27-15-20(25)24-21(16-7-3-1-4-8-16)17-9-5-2-6-10-17/h1-14,21H,15H2,(H,24,25). The third-order valence-electron chi connectivity index (χ3n) is 3.99. The topological polar surface area (TPSA) is 55.4 Å². The van der Waals surface area contributed by atoms with Crippen LogP contribution in [-0.4, -0.2) is 18.5 Å². The Morgan fingerprint density at radius 2 is 1.33 bits per heavy atom. The molecule has 1 N–H and O–H groups in total. The van der Waals surface area contributed by atoms with E-state index in [0.717, 1.165) is 11.1 Å². The second-order valence-corrected chi connectivity index (χ2v) is 6.34. The lowest BCUT2D eigenvalue weighted by Crippen LogP contribution is -2.33. The number of rotatable bonds is 6. The van der Waals surface area contributed by atoms with Gasteiger partial charge in [-0.05, 0) is 35.4 Å². The van der Waals surface area contributed by atoms with Crippen LogP contribution in [0.15, 0.2) is 84.9 Å². The Bertz CT molecular complexity index is 856. The average Bonchev–Trinajstić information content (AvgIpc) is 2.72. The molecule has 27 heavy (non-hydrogen) atoms. The van der Waals surface area contributed by atoms with Gasteiger partial charge in [-0.1, -0.05) is 72.3 Å². The summed E-state index contributed by atoms with van der Waals surface area (Å²) in [4.78, 5) is 24.4. The normalized spacial score (nSPS) is 10.4. The van der Waals surface area contributed by atoms with E-state index in [-0.39, 0.29) is 18.6 Å². The van der Waals surface area contributed by atoms with E-state index in [1.807, 2.05) is 60.7 Å². The van der Waals surface area contributed by atoms with Crippen LogP contribution in [0.1, 0.15) is 27.5 Å². The largest absolute Gasteiger partial charge is 0.452 e. The highest BCUT2D eigenvalue weighted by Crippen LogP contribution is 2.21. The van der Waals surface area contributed by atoms with Gasteiger partial charge in [0.25, 0.3) is 5.91 Å². The molecule has 0 aromatic heterocycles. The van der Waals surface area contributed by atoms with Gasteiger partial charge in [0, 0.05) is 5.02 Å². The van der Waals surface area contributed by atoms with E-state index in [4.69, 9.17) is 16.3 Å². The first-order valence-electron chi connectivity index (χ1n) is 8.45. The summed E-state index contributed by atoms with van der Waals surface area (Å²) < 4.78 is 5.11. The molecule has 5 heteroatoms. The highest BCUT2D eigenvalue weighted by molar-refractivity contribution is 6.30. The molecule has 1 amide bonds. The van der Waals surface area contributed by atoms with E-state index in [0.29, 0.717) is 10.6 Å². The number of carbonyl (C=O) groups is 2. The van der Waals surface area contributed by atoms with E-state index in [9.17, 15) is 9.59 Å². The van der Waals surface area contributed by atoms with Crippen molar-refractivity contribution in [1.29, 1.82) is 0 Å². The Labute approximate surface area is 162 Å². The van der Waals surface area contributed by atoms with Crippen molar-refractivity contribution >= 4 is 23.5 Å². The number of hydrogen-bond donors (Lipinski definition) is 1. The molecule has 0 saturated heterocycles. The van der Waals surface area contributed by atoms with Crippen LogP contribution in [-0.2, 0) is 9.53 Å². The Morgan fingerprint density at radius 3 is 1.85 bits per heavy atom. The van der Waals surface area contributed by atoms with Crippen molar-refractivity contribution in [2.75, 3.05) is 6.61 Å². The van der Waals surface area contributed by atoms with Crippen LogP contribution < -0.4 is 5.32 Å². The van der Waals surface area contributed by atoms with Crippen LogP contribution in [0, 0.1) is 0 Å². The summed E-state index contributed by atoms with van der Waals surface area (Å²) in [6, 6.07) is 25.2. The molecule has 4 nitrogen and oxygen atoms in total. The van der Waals surface area contributed by atoms with Gasteiger partial charge in [-0.15, -0.1) is 0 Å². The first-order valence-corrected chi connectivity index (χ1v) is 8.83. The second-order valence-electron chi connectivity index (χ2n) is 5.90. The molecular weight excluding hydrogens is 362 g/mol. The molecule has 0 heterocycles. The van der Waals surface area contributed by atoms with Crippen LogP contribution in [0.2, 0.25) is 5.02 Å². The Balaban J connectivity index is 1.66. The molecular formula is C22H18ClNO3. The maximum Gasteiger partial charge on any atom is 0.338 e. The van der Waals surface area contributed by atoms with Gasteiger partial charge >= 0.3 is 5.97 Å². The molecule has 0 unspecified atom stereocenters. The first kappa shape index (κ1) is 18.7. The van der Waals surface area contributed by atoms with E-state index < -0.39 is 5.97 Å². The van der Waals surface area contributed by atoms with Crippen LogP contribution >= 0.6 is 11.6 Å². The molecule has 0 spiro atoms. The molecule has 0 aliphatic heterocycles. The third-order valence-corrected chi connectivity index (χ3v) is 4.24. The van der Waals surface area contributed by atoms with Gasteiger partial charge in [-0.25, -0.2) is 4.79 Å². The van der Waals surface area contributed by atoms with Gasteiger partial charge in [0.05, 0.1) is 11.6 Å². The number of ether oxygens (including phenoxy) is 1. The predicted octanol–water partition coefficient (Wildman–Crippen LogP) is 4.40. The molecule has 0 saturated carbocycles. The SMILES string of the molecule is O=C(COC(=O)c1ccc(Cl)cc1)NC(c1ccccc1)c1ccccc1. The first-order chi connectivity index (χ1) is 13.1. The minimum atomic E-state index is -0.571. The molecule has 3 aromatic carbocycles. The Morgan fingerprint density at radius 1 is 0.815 bits per heavy atom. The summed E-state index contributed by atoms with van der Waals surface area (Å²) in [5.41, 5.74) is 2.23. The third kappa shape index (κ3) is 5.19. The Kier molecular flexibility index (Phi) is 6.23. The minimum absolute atomic E-state index is 0.325. The minimum Gasteiger partial charge on any atom is -0.452 e. The monoisotopic (exact) mass is 379 g/mol. The molecule has 0 aliphatic rings. The van der Waals surface area contributed by atoms with Crippen molar-refractivity contribution in [3.05, 3.63) is 107 Å². The van der Waals surface area contributed by atoms with Crippen molar-refractivity contribution in [3.8, 4) is 0 Å². The van der Waals surface area contributed by atoms with Crippen LogP contribution in [0.4, 0.5) is 0 Å². The van der Waals surface area contributed by atoms with Crippen molar-refractivity contribution in [2.45, 2.75) is 6.04 Å². The fourth-order valence-electron chi connectivity index (χ4n) is 2.65. The lowest BCUT2D eigenvalue weighted by Gasteiger charge is -2.20. The highest BCUT2D eigenvalue weighted by atomic mass is 35.5. The van der Waals surface area contributed by atoms with Gasteiger partial charge in [0.15, 0.2) is 6.61 Å². The number of amides is 1. The summed E-state index contributed by atoms with van der Waals surface area (Å²) in [6.07, 6.45) is 0. The van der Waals surface area contributed by atoms with Gasteiger partial charge in [0.2, 0.25) is 0 Å². The van der Waals surface area contributed by atoms with Crippen molar-refractivity contribution in [3.63, 3.8) is 0 Å². The molecule has 0 radical (unpaired) electrons. The summed E-state index contributed by atoms with van der Waals surface area (Å²) in [6.45, 7) is -0.363. The molecule has 0 bridgehead atoms. The zero-order valence-corrected chi connectivity index (χ0v) is 15.2. The van der Waals surface area contributed by atoms with Crippen molar-refractivity contribution < 1.29 is 14.3 Å². The quantitative estimate of drug-likeness (QED) is 0.646. The highest BCUT2D eigenvalue weighted by Gasteiger charge is 2.18. The lowest BCUT2D eigenvalue weighted by molar-refractivity contribution is -0.124. The number of esters is 1. The Hall–Kier alpha value is -3.11. The van der Waals surface area contributed by atoms with Crippen LogP contribution in [0.3, 0.4) is 0 Å². The number of benzene rings is 3. The van der Waals surface area contributed by atoms with E-state index in [1.54, 1.807) is 24.3 Å². The fourth-order valence-corrected chi connectivity index (χ4v) is 2.78. The molecule has 136 valence electrons. The number of nitrogens with one attached hydrogen (secondary N) is 1. The van der Waals surface area contributed by atoms with Crippen molar-refractivity contribution in [1.82, 2.24) is 5.32 Å². The second kappa shape index (κ2) is 9.01. The smallest absolute Gasteiger partial charge is 0.338 e. The van der Waals surface area contributed by atoms with Gasteiger partial charge < -0.3 is 10.1 Å².